The van der Waals surface area contributed by atoms with Gasteiger partial charge >= 0.3 is 5.97 Å². The average Bonchev–Trinajstić information content (AvgIpc) is 2.13. The summed E-state index contributed by atoms with van der Waals surface area (Å²) in [5, 5.41) is 8.47. The highest BCUT2D eigenvalue weighted by Crippen LogP contribution is 2.34. The molecule has 74 valence electrons. The van der Waals surface area contributed by atoms with Crippen molar-refractivity contribution in [2.24, 2.45) is 0 Å². The van der Waals surface area contributed by atoms with Crippen LogP contribution in [0.25, 0.3) is 6.08 Å². The molecule has 1 aromatic carbocycles. The highest BCUT2D eigenvalue weighted by Gasteiger charge is 2.05. The van der Waals surface area contributed by atoms with E-state index in [9.17, 15) is 4.79 Å². The molecular formula is C9H5Br3O2. The SMILES string of the molecule is O=C(O)/C=C/c1ccc(Br)c(Br)c1Br. The van der Waals surface area contributed by atoms with Gasteiger partial charge in [0.1, 0.15) is 0 Å². The van der Waals surface area contributed by atoms with Gasteiger partial charge in [0.15, 0.2) is 0 Å². The van der Waals surface area contributed by atoms with Crippen LogP contribution < -0.4 is 0 Å². The van der Waals surface area contributed by atoms with Gasteiger partial charge in [-0.25, -0.2) is 4.79 Å². The Morgan fingerprint density at radius 3 is 2.43 bits per heavy atom. The molecule has 1 N–H and O–H groups in total. The van der Waals surface area contributed by atoms with Crippen LogP contribution in [-0.4, -0.2) is 11.1 Å². The normalized spacial score (nSPS) is 10.8. The third-order valence-corrected chi connectivity index (χ3v) is 4.87. The summed E-state index contributed by atoms with van der Waals surface area (Å²) >= 11 is 10.1. The molecule has 0 bridgehead atoms. The molecule has 0 fully saturated rings. The Kier molecular flexibility index (Phi) is 4.34. The van der Waals surface area contributed by atoms with Crippen LogP contribution in [0.15, 0.2) is 31.6 Å². The second kappa shape index (κ2) is 5.09. The highest BCUT2D eigenvalue weighted by atomic mass is 79.9. The maximum absolute atomic E-state index is 10.3. The number of hydrogen-bond donors (Lipinski definition) is 1. The number of hydrogen-bond acceptors (Lipinski definition) is 1. The molecule has 0 unspecified atom stereocenters. The molecule has 14 heavy (non-hydrogen) atoms. The van der Waals surface area contributed by atoms with Crippen molar-refractivity contribution in [3.63, 3.8) is 0 Å². The number of carbonyl (C=O) groups is 1. The number of rotatable bonds is 2. The molecule has 0 saturated heterocycles. The zero-order chi connectivity index (χ0) is 10.7. The van der Waals surface area contributed by atoms with Gasteiger partial charge in [-0.1, -0.05) is 6.07 Å². The second-order valence-corrected chi connectivity index (χ2v) is 4.88. The van der Waals surface area contributed by atoms with E-state index in [1.807, 2.05) is 12.1 Å². The summed E-state index contributed by atoms with van der Waals surface area (Å²) in [7, 11) is 0. The van der Waals surface area contributed by atoms with Crippen LogP contribution in [0.3, 0.4) is 0 Å². The van der Waals surface area contributed by atoms with Crippen LogP contribution in [0.4, 0.5) is 0 Å². The fraction of sp³-hybridized carbons (Fsp3) is 0. The number of carboxylic acid groups (broad SMARTS) is 1. The van der Waals surface area contributed by atoms with Gasteiger partial charge in [0.05, 0.1) is 0 Å². The molecule has 0 heterocycles. The first kappa shape index (κ1) is 11.9. The molecule has 0 atom stereocenters. The maximum Gasteiger partial charge on any atom is 0.328 e. The van der Waals surface area contributed by atoms with Crippen LogP contribution >= 0.6 is 47.8 Å². The van der Waals surface area contributed by atoms with Gasteiger partial charge in [-0.3, -0.25) is 0 Å². The predicted octanol–water partition coefficient (Wildman–Crippen LogP) is 4.07. The lowest BCUT2D eigenvalue weighted by molar-refractivity contribution is -0.131. The fourth-order valence-corrected chi connectivity index (χ4v) is 2.27. The lowest BCUT2D eigenvalue weighted by atomic mass is 10.2. The minimum Gasteiger partial charge on any atom is -0.478 e. The van der Waals surface area contributed by atoms with Gasteiger partial charge in [-0.2, -0.15) is 0 Å². The summed E-state index contributed by atoms with van der Waals surface area (Å²) < 4.78 is 2.60. The summed E-state index contributed by atoms with van der Waals surface area (Å²) in [6.45, 7) is 0. The van der Waals surface area contributed by atoms with Gasteiger partial charge in [-0.05, 0) is 65.5 Å². The average molecular weight is 385 g/mol. The largest absolute Gasteiger partial charge is 0.478 e. The van der Waals surface area contributed by atoms with Gasteiger partial charge < -0.3 is 5.11 Å². The van der Waals surface area contributed by atoms with E-state index in [0.717, 1.165) is 25.1 Å². The molecule has 2 nitrogen and oxygen atoms in total. The quantitative estimate of drug-likeness (QED) is 0.616. The first-order valence-corrected chi connectivity index (χ1v) is 5.95. The monoisotopic (exact) mass is 382 g/mol. The molecule has 0 amide bonds. The molecule has 1 rings (SSSR count). The standard InChI is InChI=1S/C9H5Br3O2/c10-6-3-1-5(2-4-7(13)14)8(11)9(6)12/h1-4H,(H,13,14)/b4-2+. The van der Waals surface area contributed by atoms with E-state index in [4.69, 9.17) is 5.11 Å². The molecule has 0 aliphatic heterocycles. The number of benzene rings is 1. The Balaban J connectivity index is 3.12. The molecule has 0 aliphatic carbocycles. The molecular weight excluding hydrogens is 380 g/mol. The van der Waals surface area contributed by atoms with Crippen molar-refractivity contribution in [3.05, 3.63) is 37.2 Å². The van der Waals surface area contributed by atoms with Gasteiger partial charge in [0.25, 0.3) is 0 Å². The van der Waals surface area contributed by atoms with E-state index in [1.165, 1.54) is 6.08 Å². The van der Waals surface area contributed by atoms with Crippen molar-refractivity contribution in [3.8, 4) is 0 Å². The van der Waals surface area contributed by atoms with E-state index in [-0.39, 0.29) is 0 Å². The lowest BCUT2D eigenvalue weighted by Gasteiger charge is -2.02. The maximum atomic E-state index is 10.3. The van der Waals surface area contributed by atoms with E-state index in [1.54, 1.807) is 0 Å². The molecule has 0 radical (unpaired) electrons. The first-order valence-electron chi connectivity index (χ1n) is 3.57. The Morgan fingerprint density at radius 2 is 1.86 bits per heavy atom. The van der Waals surface area contributed by atoms with Crippen LogP contribution in [0.1, 0.15) is 5.56 Å². The van der Waals surface area contributed by atoms with Gasteiger partial charge in [0, 0.05) is 19.5 Å². The van der Waals surface area contributed by atoms with Gasteiger partial charge in [0.2, 0.25) is 0 Å². The highest BCUT2D eigenvalue weighted by molar-refractivity contribution is 9.14. The third-order valence-electron chi connectivity index (χ3n) is 1.47. The first-order chi connectivity index (χ1) is 6.52. The van der Waals surface area contributed by atoms with Crippen LogP contribution in [-0.2, 0) is 4.79 Å². The minimum absolute atomic E-state index is 0.808. The van der Waals surface area contributed by atoms with Crippen LogP contribution in [0.5, 0.6) is 0 Å². The van der Waals surface area contributed by atoms with Crippen molar-refractivity contribution >= 4 is 59.8 Å². The summed E-state index contributed by atoms with van der Waals surface area (Å²) in [6, 6.07) is 3.66. The summed E-state index contributed by atoms with van der Waals surface area (Å²) in [5.41, 5.74) is 0.808. The minimum atomic E-state index is -0.962. The summed E-state index contributed by atoms with van der Waals surface area (Å²) in [4.78, 5) is 10.3. The number of aliphatic carboxylic acids is 1. The van der Waals surface area contributed by atoms with Crippen LogP contribution in [0, 0.1) is 0 Å². The van der Waals surface area contributed by atoms with Crippen molar-refractivity contribution in [1.29, 1.82) is 0 Å². The molecule has 1 aromatic rings. The second-order valence-electron chi connectivity index (χ2n) is 2.44. The van der Waals surface area contributed by atoms with Crippen molar-refractivity contribution < 1.29 is 9.90 Å². The van der Waals surface area contributed by atoms with Gasteiger partial charge in [-0.15, -0.1) is 0 Å². The van der Waals surface area contributed by atoms with E-state index in [2.05, 4.69) is 47.8 Å². The third kappa shape index (κ3) is 2.93. The summed E-state index contributed by atoms with van der Waals surface area (Å²) in [6.07, 6.45) is 2.63. The molecule has 0 spiro atoms. The Hall–Kier alpha value is -0.130. The van der Waals surface area contributed by atoms with E-state index < -0.39 is 5.97 Å². The van der Waals surface area contributed by atoms with Crippen LogP contribution in [0.2, 0.25) is 0 Å². The fourth-order valence-electron chi connectivity index (χ4n) is 0.831. The topological polar surface area (TPSA) is 37.3 Å². The van der Waals surface area contributed by atoms with Crippen molar-refractivity contribution in [2.45, 2.75) is 0 Å². The van der Waals surface area contributed by atoms with E-state index >= 15 is 0 Å². The zero-order valence-corrected chi connectivity index (χ0v) is 11.6. The van der Waals surface area contributed by atoms with Crippen molar-refractivity contribution in [1.82, 2.24) is 0 Å². The Labute approximate surface area is 106 Å². The Bertz CT molecular complexity index is 399. The van der Waals surface area contributed by atoms with Crippen molar-refractivity contribution in [2.75, 3.05) is 0 Å². The number of carboxylic acids is 1. The molecule has 0 aliphatic rings. The molecule has 5 heteroatoms. The lowest BCUT2D eigenvalue weighted by Crippen LogP contribution is -1.86. The molecule has 0 saturated carbocycles. The summed E-state index contributed by atoms with van der Waals surface area (Å²) in [5.74, 6) is -0.962. The smallest absolute Gasteiger partial charge is 0.328 e. The number of halogens is 3. The Morgan fingerprint density at radius 1 is 1.21 bits per heavy atom. The molecule has 0 aromatic heterocycles. The predicted molar refractivity (Wildman–Crippen MR) is 66.2 cm³/mol. The zero-order valence-electron chi connectivity index (χ0n) is 6.80. The van der Waals surface area contributed by atoms with E-state index in [0.29, 0.717) is 0 Å².